The molecular formula is C12H17NO. The first-order chi connectivity index (χ1) is 6.70. The number of hydrogen-bond donors (Lipinski definition) is 0. The van der Waals surface area contributed by atoms with E-state index in [0.717, 1.165) is 0 Å². The summed E-state index contributed by atoms with van der Waals surface area (Å²) in [6, 6.07) is 10.8. The summed E-state index contributed by atoms with van der Waals surface area (Å²) in [7, 11) is 0. The van der Waals surface area contributed by atoms with Gasteiger partial charge in [0, 0.05) is 0 Å². The van der Waals surface area contributed by atoms with Crippen molar-refractivity contribution in [3.63, 3.8) is 0 Å². The summed E-state index contributed by atoms with van der Waals surface area (Å²) in [5.74, 6) is 0.571. The predicted octanol–water partition coefficient (Wildman–Crippen LogP) is 2.98. The molecule has 0 aromatic heterocycles. The fourth-order valence-corrected chi connectivity index (χ4v) is 1.70. The minimum atomic E-state index is 0.310. The van der Waals surface area contributed by atoms with Gasteiger partial charge in [-0.15, -0.1) is 5.06 Å². The molecule has 1 fully saturated rings. The third kappa shape index (κ3) is 1.81. The molecule has 1 saturated heterocycles. The van der Waals surface area contributed by atoms with E-state index >= 15 is 0 Å². The molecule has 76 valence electrons. The van der Waals surface area contributed by atoms with Crippen LogP contribution in [0.4, 0.5) is 0 Å². The number of rotatable bonds is 3. The van der Waals surface area contributed by atoms with E-state index in [4.69, 9.17) is 4.84 Å². The van der Waals surface area contributed by atoms with Crippen LogP contribution in [0.3, 0.4) is 0 Å². The molecule has 1 aliphatic heterocycles. The van der Waals surface area contributed by atoms with Crippen molar-refractivity contribution in [3.05, 3.63) is 35.9 Å². The molecule has 1 aromatic rings. The molecule has 0 saturated carbocycles. The van der Waals surface area contributed by atoms with Crippen molar-refractivity contribution in [1.82, 2.24) is 5.06 Å². The van der Waals surface area contributed by atoms with Gasteiger partial charge in [0.25, 0.3) is 0 Å². The van der Waals surface area contributed by atoms with E-state index in [2.05, 4.69) is 50.1 Å². The average molecular weight is 191 g/mol. The third-order valence-corrected chi connectivity index (χ3v) is 2.67. The van der Waals surface area contributed by atoms with E-state index in [9.17, 15) is 0 Å². The minimum absolute atomic E-state index is 0.310. The smallest absolute Gasteiger partial charge is 0.157 e. The SMILES string of the molecule is CC(C)[C@@H]1ON1[C@@H](C)c1ccccc1. The molecule has 1 aromatic carbocycles. The average Bonchev–Trinajstić information content (AvgIpc) is 2.97. The summed E-state index contributed by atoms with van der Waals surface area (Å²) >= 11 is 0. The largest absolute Gasteiger partial charge is 0.274 e. The van der Waals surface area contributed by atoms with Crippen LogP contribution in [0.5, 0.6) is 0 Å². The van der Waals surface area contributed by atoms with E-state index in [1.807, 2.05) is 6.07 Å². The van der Waals surface area contributed by atoms with Crippen molar-refractivity contribution in [1.29, 1.82) is 0 Å². The zero-order chi connectivity index (χ0) is 10.1. The van der Waals surface area contributed by atoms with Crippen LogP contribution in [0.25, 0.3) is 0 Å². The molecule has 0 radical (unpaired) electrons. The Labute approximate surface area is 85.4 Å². The highest BCUT2D eigenvalue weighted by Gasteiger charge is 2.42. The van der Waals surface area contributed by atoms with E-state index in [0.29, 0.717) is 18.2 Å². The third-order valence-electron chi connectivity index (χ3n) is 2.67. The number of hydrogen-bond acceptors (Lipinski definition) is 2. The lowest BCUT2D eigenvalue weighted by atomic mass is 10.1. The highest BCUT2D eigenvalue weighted by molar-refractivity contribution is 5.18. The summed E-state index contributed by atoms with van der Waals surface area (Å²) in [6.45, 7) is 6.54. The van der Waals surface area contributed by atoms with Crippen molar-refractivity contribution >= 4 is 0 Å². The normalized spacial score (nSPS) is 27.7. The van der Waals surface area contributed by atoms with Crippen LogP contribution in [0.2, 0.25) is 0 Å². The quantitative estimate of drug-likeness (QED) is 0.682. The van der Waals surface area contributed by atoms with Gasteiger partial charge in [-0.25, -0.2) is 0 Å². The Morgan fingerprint density at radius 1 is 1.14 bits per heavy atom. The maximum Gasteiger partial charge on any atom is 0.157 e. The molecule has 1 heterocycles. The second-order valence-corrected chi connectivity index (χ2v) is 4.19. The molecule has 0 aliphatic carbocycles. The van der Waals surface area contributed by atoms with E-state index in [-0.39, 0.29) is 0 Å². The van der Waals surface area contributed by atoms with E-state index in [1.54, 1.807) is 0 Å². The first-order valence-electron chi connectivity index (χ1n) is 5.20. The second kappa shape index (κ2) is 3.71. The van der Waals surface area contributed by atoms with Crippen molar-refractivity contribution in [2.45, 2.75) is 33.0 Å². The molecule has 3 atom stereocenters. The van der Waals surface area contributed by atoms with Crippen LogP contribution in [0.1, 0.15) is 32.4 Å². The second-order valence-electron chi connectivity index (χ2n) is 4.19. The lowest BCUT2D eigenvalue weighted by Gasteiger charge is -2.10. The van der Waals surface area contributed by atoms with Crippen LogP contribution in [0.15, 0.2) is 30.3 Å². The molecule has 2 nitrogen and oxygen atoms in total. The Hall–Kier alpha value is -0.860. The topological polar surface area (TPSA) is 15.5 Å². The Morgan fingerprint density at radius 2 is 1.79 bits per heavy atom. The minimum Gasteiger partial charge on any atom is -0.274 e. The van der Waals surface area contributed by atoms with E-state index in [1.165, 1.54) is 5.56 Å². The number of hydroxylamine groups is 2. The zero-order valence-electron chi connectivity index (χ0n) is 8.97. The van der Waals surface area contributed by atoms with Gasteiger partial charge in [-0.2, -0.15) is 0 Å². The summed E-state index contributed by atoms with van der Waals surface area (Å²) < 4.78 is 0. The van der Waals surface area contributed by atoms with Crippen molar-refractivity contribution in [2.24, 2.45) is 5.92 Å². The number of benzene rings is 1. The van der Waals surface area contributed by atoms with Crippen LogP contribution < -0.4 is 0 Å². The lowest BCUT2D eigenvalue weighted by molar-refractivity contribution is 0.155. The van der Waals surface area contributed by atoms with Gasteiger partial charge in [-0.3, -0.25) is 4.84 Å². The Bertz CT molecular complexity index is 296. The van der Waals surface area contributed by atoms with Crippen molar-refractivity contribution < 1.29 is 4.84 Å². The Kier molecular flexibility index (Phi) is 2.57. The summed E-state index contributed by atoms with van der Waals surface area (Å²) in [5.41, 5.74) is 1.32. The van der Waals surface area contributed by atoms with Crippen LogP contribution in [0, 0.1) is 5.92 Å². The molecule has 0 amide bonds. The molecular weight excluding hydrogens is 174 g/mol. The highest BCUT2D eigenvalue weighted by atomic mass is 16.8. The van der Waals surface area contributed by atoms with Gasteiger partial charge in [0.2, 0.25) is 0 Å². The summed E-state index contributed by atoms with van der Waals surface area (Å²) in [6.07, 6.45) is 0.310. The van der Waals surface area contributed by atoms with Gasteiger partial charge < -0.3 is 0 Å². The summed E-state index contributed by atoms with van der Waals surface area (Å²) in [5, 5.41) is 2.07. The van der Waals surface area contributed by atoms with E-state index < -0.39 is 0 Å². The van der Waals surface area contributed by atoms with Crippen LogP contribution in [-0.4, -0.2) is 11.3 Å². The molecule has 1 aliphatic rings. The molecule has 0 spiro atoms. The molecule has 0 N–H and O–H groups in total. The van der Waals surface area contributed by atoms with Gasteiger partial charge in [0.1, 0.15) is 0 Å². The van der Waals surface area contributed by atoms with Crippen LogP contribution in [-0.2, 0) is 4.84 Å². The van der Waals surface area contributed by atoms with Crippen molar-refractivity contribution in [2.75, 3.05) is 0 Å². The molecule has 2 rings (SSSR count). The monoisotopic (exact) mass is 191 g/mol. The predicted molar refractivity (Wildman–Crippen MR) is 56.4 cm³/mol. The lowest BCUT2D eigenvalue weighted by Crippen LogP contribution is -2.11. The van der Waals surface area contributed by atoms with Gasteiger partial charge in [0.05, 0.1) is 6.04 Å². The van der Waals surface area contributed by atoms with Gasteiger partial charge in [-0.1, -0.05) is 44.2 Å². The van der Waals surface area contributed by atoms with Crippen LogP contribution >= 0.6 is 0 Å². The maximum atomic E-state index is 5.53. The highest BCUT2D eigenvalue weighted by Crippen LogP contribution is 2.36. The van der Waals surface area contributed by atoms with Gasteiger partial charge in [-0.05, 0) is 18.4 Å². The molecule has 2 heteroatoms. The molecule has 1 unspecified atom stereocenters. The molecule has 14 heavy (non-hydrogen) atoms. The first-order valence-corrected chi connectivity index (χ1v) is 5.20. The fourth-order valence-electron chi connectivity index (χ4n) is 1.70. The number of nitrogens with zero attached hydrogens (tertiary/aromatic N) is 1. The fraction of sp³-hybridized carbons (Fsp3) is 0.500. The summed E-state index contributed by atoms with van der Waals surface area (Å²) in [4.78, 5) is 5.53. The van der Waals surface area contributed by atoms with Gasteiger partial charge in [0.15, 0.2) is 6.23 Å². The standard InChI is InChI=1S/C12H17NO/c1-9(2)12-13(14-12)10(3)11-7-5-4-6-8-11/h4-10,12H,1-3H3/t10-,12-,13?/m0/s1. The van der Waals surface area contributed by atoms with Crippen molar-refractivity contribution in [3.8, 4) is 0 Å². The van der Waals surface area contributed by atoms with Gasteiger partial charge >= 0.3 is 0 Å². The zero-order valence-corrected chi connectivity index (χ0v) is 8.97. The molecule has 0 bridgehead atoms. The first kappa shape index (κ1) is 9.69. The Morgan fingerprint density at radius 3 is 2.29 bits per heavy atom. The maximum absolute atomic E-state index is 5.53. The Balaban J connectivity index is 2.01.